The van der Waals surface area contributed by atoms with E-state index in [0.29, 0.717) is 32.0 Å². The van der Waals surface area contributed by atoms with E-state index in [1.165, 1.54) is 0 Å². The molecule has 8 heteroatoms. The van der Waals surface area contributed by atoms with Gasteiger partial charge < -0.3 is 9.47 Å². The highest BCUT2D eigenvalue weighted by atomic mass is 35.5. The summed E-state index contributed by atoms with van der Waals surface area (Å²) in [5.74, 6) is 0.763. The van der Waals surface area contributed by atoms with E-state index in [0.717, 1.165) is 16.7 Å². The Morgan fingerprint density at radius 1 is 1.11 bits per heavy atom. The number of carbonyl (C=O) groups is 2. The van der Waals surface area contributed by atoms with Crippen molar-refractivity contribution < 1.29 is 19.1 Å². The lowest BCUT2D eigenvalue weighted by atomic mass is 10.2. The summed E-state index contributed by atoms with van der Waals surface area (Å²) in [4.78, 5) is 26.2. The Hall–Kier alpha value is -2.15. The third-order valence-electron chi connectivity index (χ3n) is 3.76. The van der Waals surface area contributed by atoms with Crippen molar-refractivity contribution in [3.8, 4) is 11.5 Å². The second-order valence-electron chi connectivity index (χ2n) is 5.50. The zero-order valence-corrected chi connectivity index (χ0v) is 16.6. The average Bonchev–Trinajstić information content (AvgIpc) is 2.91. The van der Waals surface area contributed by atoms with Crippen LogP contribution in [-0.4, -0.2) is 36.3 Å². The molecule has 1 aliphatic rings. The van der Waals surface area contributed by atoms with E-state index in [2.05, 4.69) is 0 Å². The van der Waals surface area contributed by atoms with Crippen LogP contribution in [0.25, 0.3) is 6.08 Å². The second kappa shape index (κ2) is 8.69. The molecule has 1 heterocycles. The summed E-state index contributed by atoms with van der Waals surface area (Å²) in [7, 11) is 1.55. The molecule has 1 saturated heterocycles. The molecule has 2 amide bonds. The average molecular weight is 424 g/mol. The molecule has 0 bridgehead atoms. The first-order chi connectivity index (χ1) is 13.0. The van der Waals surface area contributed by atoms with Gasteiger partial charge >= 0.3 is 0 Å². The molecule has 27 heavy (non-hydrogen) atoms. The Morgan fingerprint density at radius 2 is 1.85 bits per heavy atom. The Bertz CT molecular complexity index is 916. The monoisotopic (exact) mass is 423 g/mol. The van der Waals surface area contributed by atoms with Crippen LogP contribution in [0.3, 0.4) is 0 Å². The molecule has 0 aromatic heterocycles. The van der Waals surface area contributed by atoms with Crippen molar-refractivity contribution in [1.29, 1.82) is 0 Å². The van der Waals surface area contributed by atoms with Gasteiger partial charge in [-0.05, 0) is 47.7 Å². The van der Waals surface area contributed by atoms with Gasteiger partial charge in [-0.25, -0.2) is 0 Å². The number of imide groups is 1. The van der Waals surface area contributed by atoms with E-state index in [9.17, 15) is 9.59 Å². The van der Waals surface area contributed by atoms with Crippen molar-refractivity contribution in [2.24, 2.45) is 0 Å². The summed E-state index contributed by atoms with van der Waals surface area (Å²) in [6, 6.07) is 12.1. The fourth-order valence-corrected chi connectivity index (χ4v) is 3.76. The molecule has 3 rings (SSSR count). The van der Waals surface area contributed by atoms with Gasteiger partial charge in [0.2, 0.25) is 0 Å². The number of halogens is 2. The first kappa shape index (κ1) is 19.6. The summed E-state index contributed by atoms with van der Waals surface area (Å²) in [5, 5.41) is 0.563. The summed E-state index contributed by atoms with van der Waals surface area (Å²) >= 11 is 12.9. The molecule has 0 atom stereocenters. The normalized spacial score (nSPS) is 15.5. The van der Waals surface area contributed by atoms with E-state index >= 15 is 0 Å². The molecule has 0 spiro atoms. The zero-order valence-electron chi connectivity index (χ0n) is 14.3. The Labute approximate surface area is 170 Å². The number of hydrogen-bond donors (Lipinski definition) is 0. The van der Waals surface area contributed by atoms with Gasteiger partial charge in [0.25, 0.3) is 11.1 Å². The molecular formula is C19H15Cl2NO4S. The Balaban J connectivity index is 1.66. The minimum absolute atomic E-state index is 0.133. The first-order valence-electron chi connectivity index (χ1n) is 7.96. The maximum Gasteiger partial charge on any atom is 0.293 e. The highest BCUT2D eigenvalue weighted by Crippen LogP contribution is 2.34. The van der Waals surface area contributed by atoms with E-state index < -0.39 is 0 Å². The molecule has 140 valence electrons. The standard InChI is InChI=1S/C19H15Cl2NO4S/c1-25-15-4-2-3-5-16(15)26-9-8-22-18(23)17(27-19(22)24)10-12-6-7-13(20)11-14(12)21/h2-7,10-11H,8-9H2,1H3/b17-10-. The molecule has 5 nitrogen and oxygen atoms in total. The molecule has 0 radical (unpaired) electrons. The highest BCUT2D eigenvalue weighted by molar-refractivity contribution is 8.18. The summed E-state index contributed by atoms with van der Waals surface area (Å²) < 4.78 is 10.8. The first-order valence-corrected chi connectivity index (χ1v) is 9.53. The van der Waals surface area contributed by atoms with Crippen molar-refractivity contribution >= 4 is 52.2 Å². The molecule has 0 aliphatic carbocycles. The molecule has 1 aliphatic heterocycles. The van der Waals surface area contributed by atoms with Crippen LogP contribution in [0.4, 0.5) is 4.79 Å². The Kier molecular flexibility index (Phi) is 6.31. The van der Waals surface area contributed by atoms with Crippen molar-refractivity contribution in [1.82, 2.24) is 4.90 Å². The van der Waals surface area contributed by atoms with Crippen molar-refractivity contribution in [2.45, 2.75) is 0 Å². The van der Waals surface area contributed by atoms with Gasteiger partial charge in [-0.1, -0.05) is 41.4 Å². The van der Waals surface area contributed by atoms with Gasteiger partial charge in [-0.3, -0.25) is 14.5 Å². The number of benzene rings is 2. The SMILES string of the molecule is COc1ccccc1OCCN1C(=O)S/C(=C\c2ccc(Cl)cc2Cl)C1=O. The topological polar surface area (TPSA) is 55.8 Å². The van der Waals surface area contributed by atoms with Crippen LogP contribution in [0.15, 0.2) is 47.4 Å². The van der Waals surface area contributed by atoms with Crippen LogP contribution in [0.2, 0.25) is 10.0 Å². The number of rotatable bonds is 6. The van der Waals surface area contributed by atoms with E-state index in [4.69, 9.17) is 32.7 Å². The number of ether oxygens (including phenoxy) is 2. The van der Waals surface area contributed by atoms with Crippen LogP contribution in [0.5, 0.6) is 11.5 Å². The minimum Gasteiger partial charge on any atom is -0.493 e. The third-order valence-corrected chi connectivity index (χ3v) is 5.23. The van der Waals surface area contributed by atoms with Crippen LogP contribution >= 0.6 is 35.0 Å². The van der Waals surface area contributed by atoms with Gasteiger partial charge in [-0.2, -0.15) is 0 Å². The largest absolute Gasteiger partial charge is 0.493 e. The van der Waals surface area contributed by atoms with Crippen LogP contribution in [0.1, 0.15) is 5.56 Å². The molecule has 0 saturated carbocycles. The molecule has 0 N–H and O–H groups in total. The number of methoxy groups -OCH3 is 1. The number of amides is 2. The van der Waals surface area contributed by atoms with Gasteiger partial charge in [0.05, 0.1) is 18.6 Å². The smallest absolute Gasteiger partial charge is 0.293 e. The summed E-state index contributed by atoms with van der Waals surface area (Å²) in [6.45, 7) is 0.293. The van der Waals surface area contributed by atoms with Crippen LogP contribution in [-0.2, 0) is 4.79 Å². The molecule has 2 aromatic rings. The number of nitrogens with zero attached hydrogens (tertiary/aromatic N) is 1. The van der Waals surface area contributed by atoms with E-state index in [1.54, 1.807) is 43.5 Å². The van der Waals surface area contributed by atoms with Gasteiger partial charge in [0.15, 0.2) is 11.5 Å². The zero-order chi connectivity index (χ0) is 19.4. The number of hydrogen-bond acceptors (Lipinski definition) is 5. The number of para-hydroxylation sites is 2. The fourth-order valence-electron chi connectivity index (χ4n) is 2.44. The van der Waals surface area contributed by atoms with Crippen molar-refractivity contribution in [3.05, 3.63) is 63.0 Å². The van der Waals surface area contributed by atoms with E-state index in [1.807, 2.05) is 12.1 Å². The lowest BCUT2D eigenvalue weighted by Gasteiger charge is -2.14. The van der Waals surface area contributed by atoms with Gasteiger partial charge in [0, 0.05) is 10.0 Å². The maximum absolute atomic E-state index is 12.5. The van der Waals surface area contributed by atoms with Crippen molar-refractivity contribution in [2.75, 3.05) is 20.3 Å². The van der Waals surface area contributed by atoms with Crippen LogP contribution < -0.4 is 9.47 Å². The fraction of sp³-hybridized carbons (Fsp3) is 0.158. The molecule has 0 unspecified atom stereocenters. The van der Waals surface area contributed by atoms with Gasteiger partial charge in [0.1, 0.15) is 6.61 Å². The number of thioether (sulfide) groups is 1. The molecule has 2 aromatic carbocycles. The highest BCUT2D eigenvalue weighted by Gasteiger charge is 2.35. The lowest BCUT2D eigenvalue weighted by molar-refractivity contribution is -0.123. The second-order valence-corrected chi connectivity index (χ2v) is 7.34. The quantitative estimate of drug-likeness (QED) is 0.603. The summed E-state index contributed by atoms with van der Waals surface area (Å²) in [5.41, 5.74) is 0.622. The minimum atomic E-state index is -0.375. The number of carbonyl (C=O) groups excluding carboxylic acids is 2. The molecular weight excluding hydrogens is 409 g/mol. The summed E-state index contributed by atoms with van der Waals surface area (Å²) in [6.07, 6.45) is 1.59. The molecule has 1 fully saturated rings. The predicted molar refractivity (Wildman–Crippen MR) is 108 cm³/mol. The maximum atomic E-state index is 12.5. The van der Waals surface area contributed by atoms with Crippen molar-refractivity contribution in [3.63, 3.8) is 0 Å². The third kappa shape index (κ3) is 4.58. The lowest BCUT2D eigenvalue weighted by Crippen LogP contribution is -2.32. The van der Waals surface area contributed by atoms with E-state index in [-0.39, 0.29) is 24.3 Å². The van der Waals surface area contributed by atoms with Gasteiger partial charge in [-0.15, -0.1) is 0 Å². The predicted octanol–water partition coefficient (Wildman–Crippen LogP) is 5.12. The Morgan fingerprint density at radius 3 is 2.56 bits per heavy atom. The van der Waals surface area contributed by atoms with Crippen LogP contribution in [0, 0.1) is 0 Å².